The summed E-state index contributed by atoms with van der Waals surface area (Å²) in [6.07, 6.45) is 0.154. The molecule has 0 spiro atoms. The van der Waals surface area contributed by atoms with Crippen LogP contribution in [-0.4, -0.2) is 71.5 Å². The number of benzene rings is 1. The molecule has 0 radical (unpaired) electrons. The van der Waals surface area contributed by atoms with Gasteiger partial charge in [-0.15, -0.1) is 0 Å². The molecule has 25 heavy (non-hydrogen) atoms. The quantitative estimate of drug-likeness (QED) is 0.819. The largest absolute Gasteiger partial charge is 0.478 e. The van der Waals surface area contributed by atoms with E-state index in [1.165, 1.54) is 17.0 Å². The lowest BCUT2D eigenvalue weighted by Gasteiger charge is -2.36. The van der Waals surface area contributed by atoms with E-state index in [-0.39, 0.29) is 23.8 Å². The van der Waals surface area contributed by atoms with Crippen LogP contribution in [-0.2, 0) is 9.59 Å². The number of aromatic carboxylic acids is 1. The van der Waals surface area contributed by atoms with Gasteiger partial charge in [-0.25, -0.2) is 9.69 Å². The number of carboxylic acid groups (broad SMARTS) is 1. The second-order valence-corrected chi connectivity index (χ2v) is 6.56. The van der Waals surface area contributed by atoms with E-state index in [2.05, 4.69) is 16.7 Å². The molecule has 7 heteroatoms. The number of anilines is 1. The average molecular weight is 345 g/mol. The molecule has 0 saturated carbocycles. The first-order valence-electron chi connectivity index (χ1n) is 8.59. The van der Waals surface area contributed by atoms with Crippen LogP contribution >= 0.6 is 0 Å². The van der Waals surface area contributed by atoms with Crippen LogP contribution in [0.15, 0.2) is 18.2 Å². The topological polar surface area (TPSA) is 81.2 Å². The molecule has 2 aliphatic rings. The molecule has 2 saturated heterocycles. The van der Waals surface area contributed by atoms with Crippen molar-refractivity contribution in [3.05, 3.63) is 29.3 Å². The standard InChI is InChI=1S/C18H23N3O4/c1-3-19-6-8-20(9-7-19)15-11-16(22)21(17(15)23)14-10-13(18(24)25)5-4-12(14)2/h4-5,10,15H,3,6-9,11H2,1-2H3,(H,24,25). The predicted molar refractivity (Wildman–Crippen MR) is 92.7 cm³/mol. The normalized spacial score (nSPS) is 22.6. The third-order valence-corrected chi connectivity index (χ3v) is 5.11. The van der Waals surface area contributed by atoms with E-state index in [1.54, 1.807) is 13.0 Å². The lowest BCUT2D eigenvalue weighted by Crippen LogP contribution is -2.52. The third kappa shape index (κ3) is 3.29. The summed E-state index contributed by atoms with van der Waals surface area (Å²) in [5.74, 6) is -1.59. The molecule has 1 atom stereocenters. The number of nitrogens with zero attached hydrogens (tertiary/aromatic N) is 3. The van der Waals surface area contributed by atoms with Crippen LogP contribution in [0.5, 0.6) is 0 Å². The number of piperazine rings is 1. The van der Waals surface area contributed by atoms with Crippen molar-refractivity contribution < 1.29 is 19.5 Å². The smallest absolute Gasteiger partial charge is 0.335 e. The van der Waals surface area contributed by atoms with E-state index in [0.717, 1.165) is 32.7 Å². The monoisotopic (exact) mass is 345 g/mol. The summed E-state index contributed by atoms with van der Waals surface area (Å²) in [5, 5.41) is 9.18. The Bertz CT molecular complexity index is 710. The van der Waals surface area contributed by atoms with Crippen LogP contribution in [0.3, 0.4) is 0 Å². The summed E-state index contributed by atoms with van der Waals surface area (Å²) in [4.78, 5) is 42.2. The maximum absolute atomic E-state index is 12.9. The van der Waals surface area contributed by atoms with Gasteiger partial charge in [-0.05, 0) is 31.2 Å². The van der Waals surface area contributed by atoms with E-state index in [1.807, 2.05) is 0 Å². The van der Waals surface area contributed by atoms with Gasteiger partial charge in [-0.2, -0.15) is 0 Å². The molecular weight excluding hydrogens is 322 g/mol. The van der Waals surface area contributed by atoms with Gasteiger partial charge in [0.15, 0.2) is 0 Å². The molecule has 3 rings (SSSR count). The number of imide groups is 1. The summed E-state index contributed by atoms with van der Waals surface area (Å²) >= 11 is 0. The molecule has 2 aliphatic heterocycles. The number of likely N-dealkylation sites (N-methyl/N-ethyl adjacent to an activating group) is 1. The molecule has 0 bridgehead atoms. The second kappa shape index (κ2) is 6.93. The highest BCUT2D eigenvalue weighted by Crippen LogP contribution is 2.29. The Morgan fingerprint density at radius 3 is 2.48 bits per heavy atom. The zero-order chi connectivity index (χ0) is 18.1. The number of carboxylic acids is 1. The Labute approximate surface area is 146 Å². The van der Waals surface area contributed by atoms with Crippen LogP contribution in [0.1, 0.15) is 29.3 Å². The van der Waals surface area contributed by atoms with Crippen molar-refractivity contribution in [2.24, 2.45) is 0 Å². The van der Waals surface area contributed by atoms with Gasteiger partial charge in [-0.1, -0.05) is 13.0 Å². The lowest BCUT2D eigenvalue weighted by molar-refractivity contribution is -0.123. The fourth-order valence-corrected chi connectivity index (χ4v) is 3.53. The van der Waals surface area contributed by atoms with Gasteiger partial charge in [0.2, 0.25) is 5.91 Å². The molecular formula is C18H23N3O4. The van der Waals surface area contributed by atoms with E-state index in [9.17, 15) is 19.5 Å². The van der Waals surface area contributed by atoms with Gasteiger partial charge in [0.1, 0.15) is 0 Å². The van der Waals surface area contributed by atoms with Gasteiger partial charge < -0.3 is 10.0 Å². The van der Waals surface area contributed by atoms with Crippen molar-refractivity contribution in [1.82, 2.24) is 9.80 Å². The Morgan fingerprint density at radius 2 is 1.88 bits per heavy atom. The highest BCUT2D eigenvalue weighted by Gasteiger charge is 2.43. The number of hydrogen-bond acceptors (Lipinski definition) is 5. The number of amides is 2. The minimum absolute atomic E-state index is 0.0706. The molecule has 0 aromatic heterocycles. The lowest BCUT2D eigenvalue weighted by atomic mass is 10.1. The molecule has 1 unspecified atom stereocenters. The zero-order valence-corrected chi connectivity index (χ0v) is 14.6. The number of aryl methyl sites for hydroxylation is 1. The Balaban J connectivity index is 1.83. The first-order chi connectivity index (χ1) is 11.9. The van der Waals surface area contributed by atoms with E-state index in [0.29, 0.717) is 11.3 Å². The molecule has 7 nitrogen and oxygen atoms in total. The van der Waals surface area contributed by atoms with Crippen LogP contribution in [0.4, 0.5) is 5.69 Å². The number of carbonyl (C=O) groups excluding carboxylic acids is 2. The van der Waals surface area contributed by atoms with E-state index >= 15 is 0 Å². The van der Waals surface area contributed by atoms with Crippen molar-refractivity contribution in [3.8, 4) is 0 Å². The van der Waals surface area contributed by atoms with Crippen molar-refractivity contribution in [2.75, 3.05) is 37.6 Å². The third-order valence-electron chi connectivity index (χ3n) is 5.11. The van der Waals surface area contributed by atoms with Crippen LogP contribution in [0.2, 0.25) is 0 Å². The minimum Gasteiger partial charge on any atom is -0.478 e. The first kappa shape index (κ1) is 17.6. The highest BCUT2D eigenvalue weighted by molar-refractivity contribution is 6.23. The SMILES string of the molecule is CCN1CCN(C2CC(=O)N(c3cc(C(=O)O)ccc3C)C2=O)CC1. The molecule has 1 aromatic carbocycles. The highest BCUT2D eigenvalue weighted by atomic mass is 16.4. The minimum atomic E-state index is -1.08. The number of rotatable bonds is 4. The van der Waals surface area contributed by atoms with Crippen molar-refractivity contribution in [2.45, 2.75) is 26.3 Å². The van der Waals surface area contributed by atoms with Crippen LogP contribution in [0.25, 0.3) is 0 Å². The average Bonchev–Trinajstić information content (AvgIpc) is 2.90. The Morgan fingerprint density at radius 1 is 1.20 bits per heavy atom. The number of carbonyl (C=O) groups is 3. The fraction of sp³-hybridized carbons (Fsp3) is 0.500. The van der Waals surface area contributed by atoms with Gasteiger partial charge in [0.05, 0.1) is 23.7 Å². The van der Waals surface area contributed by atoms with Crippen molar-refractivity contribution in [3.63, 3.8) is 0 Å². The molecule has 1 N–H and O–H groups in total. The van der Waals surface area contributed by atoms with Gasteiger partial charge in [-0.3, -0.25) is 14.5 Å². The van der Waals surface area contributed by atoms with Gasteiger partial charge in [0.25, 0.3) is 5.91 Å². The predicted octanol–water partition coefficient (Wildman–Crippen LogP) is 0.963. The van der Waals surface area contributed by atoms with Crippen molar-refractivity contribution >= 4 is 23.5 Å². The summed E-state index contributed by atoms with van der Waals surface area (Å²) in [6, 6.07) is 4.07. The molecule has 2 heterocycles. The number of hydrogen-bond donors (Lipinski definition) is 1. The maximum Gasteiger partial charge on any atom is 0.335 e. The fourth-order valence-electron chi connectivity index (χ4n) is 3.53. The van der Waals surface area contributed by atoms with E-state index in [4.69, 9.17) is 0 Å². The Hall–Kier alpha value is -2.25. The molecule has 2 amide bonds. The van der Waals surface area contributed by atoms with E-state index < -0.39 is 12.0 Å². The zero-order valence-electron chi connectivity index (χ0n) is 14.6. The summed E-state index contributed by atoms with van der Waals surface area (Å²) in [5.41, 5.74) is 1.16. The second-order valence-electron chi connectivity index (χ2n) is 6.56. The summed E-state index contributed by atoms with van der Waals surface area (Å²) < 4.78 is 0. The molecule has 2 fully saturated rings. The van der Waals surface area contributed by atoms with Gasteiger partial charge >= 0.3 is 5.97 Å². The van der Waals surface area contributed by atoms with Gasteiger partial charge in [0, 0.05) is 26.2 Å². The molecule has 1 aromatic rings. The van der Waals surface area contributed by atoms with Crippen LogP contribution < -0.4 is 4.90 Å². The summed E-state index contributed by atoms with van der Waals surface area (Å²) in [6.45, 7) is 8.18. The first-order valence-corrected chi connectivity index (χ1v) is 8.59. The van der Waals surface area contributed by atoms with Crippen LogP contribution in [0, 0.1) is 6.92 Å². The summed E-state index contributed by atoms with van der Waals surface area (Å²) in [7, 11) is 0. The molecule has 134 valence electrons. The maximum atomic E-state index is 12.9. The Kier molecular flexibility index (Phi) is 4.87. The van der Waals surface area contributed by atoms with Crippen molar-refractivity contribution in [1.29, 1.82) is 0 Å². The molecule has 0 aliphatic carbocycles.